The van der Waals surface area contributed by atoms with Gasteiger partial charge in [0.1, 0.15) is 17.5 Å². The van der Waals surface area contributed by atoms with Crippen LogP contribution in [-0.4, -0.2) is 33.5 Å². The number of fused-ring (bicyclic) bond motifs is 1. The summed E-state index contributed by atoms with van der Waals surface area (Å²) in [6.07, 6.45) is 3.53. The van der Waals surface area contributed by atoms with E-state index in [0.717, 1.165) is 28.0 Å². The van der Waals surface area contributed by atoms with Crippen LogP contribution in [0.2, 0.25) is 0 Å². The van der Waals surface area contributed by atoms with Crippen molar-refractivity contribution < 1.29 is 14.6 Å². The fourth-order valence-electron chi connectivity index (χ4n) is 5.08. The number of aromatic nitrogens is 1. The van der Waals surface area contributed by atoms with Crippen LogP contribution in [0.4, 0.5) is 0 Å². The molecule has 1 aromatic heterocycles. The van der Waals surface area contributed by atoms with Crippen LogP contribution in [0.25, 0.3) is 0 Å². The van der Waals surface area contributed by atoms with Crippen LogP contribution >= 0.6 is 0 Å². The molecule has 0 spiro atoms. The molecule has 0 aliphatic carbocycles. The molecule has 2 saturated heterocycles. The molecule has 5 rings (SSSR count). The number of aryl methyl sites for hydroxylation is 1. The molecule has 0 bridgehead atoms. The number of pyridine rings is 1. The predicted molar refractivity (Wildman–Crippen MR) is 124 cm³/mol. The zero-order valence-electron chi connectivity index (χ0n) is 18.7. The largest absolute Gasteiger partial charge is 0.508 e. The third-order valence-corrected chi connectivity index (χ3v) is 6.54. The van der Waals surface area contributed by atoms with Crippen molar-refractivity contribution in [3.05, 3.63) is 89.2 Å². The molecule has 2 aliphatic rings. The number of ether oxygens (including phenoxy) is 1. The van der Waals surface area contributed by atoms with Crippen molar-refractivity contribution in [1.82, 2.24) is 20.7 Å². The molecule has 4 unspecified atom stereocenters. The fourth-order valence-corrected chi connectivity index (χ4v) is 5.08. The number of rotatable bonds is 6. The summed E-state index contributed by atoms with van der Waals surface area (Å²) in [6.45, 7) is 5.02. The molecule has 4 atom stereocenters. The maximum atomic E-state index is 13.6. The van der Waals surface area contributed by atoms with Crippen molar-refractivity contribution in [1.29, 1.82) is 0 Å². The molecular weight excluding hydrogens is 416 g/mol. The molecule has 3 aromatic rings. The Hall–Kier alpha value is -3.42. The Morgan fingerprint density at radius 1 is 1.09 bits per heavy atom. The third kappa shape index (κ3) is 3.94. The van der Waals surface area contributed by atoms with Crippen LogP contribution in [0.3, 0.4) is 0 Å². The number of nitrogens with zero attached hydrogens (tertiary/aromatic N) is 2. The number of carbonyl (C=O) groups is 1. The minimum Gasteiger partial charge on any atom is -0.508 e. The second-order valence-corrected chi connectivity index (χ2v) is 8.66. The normalized spacial score (nSPS) is 24.2. The van der Waals surface area contributed by atoms with Gasteiger partial charge in [-0.3, -0.25) is 9.78 Å². The first-order chi connectivity index (χ1) is 16.1. The maximum absolute atomic E-state index is 13.6. The quantitative estimate of drug-likeness (QED) is 0.540. The number of benzene rings is 2. The van der Waals surface area contributed by atoms with Crippen LogP contribution in [-0.2, 0) is 11.3 Å². The number of amides is 1. The Labute approximate surface area is 193 Å². The molecule has 170 valence electrons. The molecule has 0 saturated carbocycles. The lowest BCUT2D eigenvalue weighted by Gasteiger charge is -2.31. The number of nitrogens with one attached hydrogen (secondary N) is 2. The van der Waals surface area contributed by atoms with Gasteiger partial charge in [-0.05, 0) is 49.2 Å². The molecular formula is C26H28N4O3. The van der Waals surface area contributed by atoms with Gasteiger partial charge in [-0.2, -0.15) is 0 Å². The first kappa shape index (κ1) is 21.4. The Morgan fingerprint density at radius 2 is 1.88 bits per heavy atom. The van der Waals surface area contributed by atoms with Crippen molar-refractivity contribution in [2.75, 3.05) is 6.61 Å². The Kier molecular flexibility index (Phi) is 5.74. The number of hydrogen-bond acceptors (Lipinski definition) is 6. The lowest BCUT2D eigenvalue weighted by molar-refractivity contribution is -0.131. The van der Waals surface area contributed by atoms with Gasteiger partial charge in [0, 0.05) is 30.4 Å². The summed E-state index contributed by atoms with van der Waals surface area (Å²) in [5.74, 6) is 0.949. The molecule has 2 aliphatic heterocycles. The van der Waals surface area contributed by atoms with E-state index in [0.29, 0.717) is 13.2 Å². The molecule has 3 heterocycles. The van der Waals surface area contributed by atoms with Gasteiger partial charge < -0.3 is 14.7 Å². The molecule has 3 N–H and O–H groups in total. The Bertz CT molecular complexity index is 1140. The van der Waals surface area contributed by atoms with Gasteiger partial charge in [0.15, 0.2) is 0 Å². The zero-order chi connectivity index (χ0) is 22.9. The van der Waals surface area contributed by atoms with Crippen molar-refractivity contribution >= 4 is 5.91 Å². The summed E-state index contributed by atoms with van der Waals surface area (Å²) in [4.78, 5) is 19.7. The van der Waals surface area contributed by atoms with Gasteiger partial charge in [-0.15, -0.1) is 0 Å². The second kappa shape index (κ2) is 8.84. The summed E-state index contributed by atoms with van der Waals surface area (Å²) in [6, 6.07) is 16.6. The van der Waals surface area contributed by atoms with Crippen LogP contribution in [0.5, 0.6) is 11.5 Å². The number of aromatic hydroxyl groups is 1. The van der Waals surface area contributed by atoms with Crippen LogP contribution in [0.1, 0.15) is 41.3 Å². The fraction of sp³-hybridized carbons (Fsp3) is 0.308. The molecule has 0 radical (unpaired) electrons. The van der Waals surface area contributed by atoms with E-state index in [4.69, 9.17) is 4.74 Å². The average molecular weight is 445 g/mol. The van der Waals surface area contributed by atoms with Gasteiger partial charge >= 0.3 is 0 Å². The summed E-state index contributed by atoms with van der Waals surface area (Å²) in [5.41, 5.74) is 10.4. The lowest BCUT2D eigenvalue weighted by Crippen LogP contribution is -2.41. The van der Waals surface area contributed by atoms with E-state index in [1.165, 1.54) is 0 Å². The minimum absolute atomic E-state index is 0.0323. The van der Waals surface area contributed by atoms with Crippen LogP contribution in [0, 0.1) is 12.8 Å². The number of likely N-dealkylation sites (tertiary alicyclic amines) is 1. The third-order valence-electron chi connectivity index (χ3n) is 6.54. The number of hydrazine groups is 1. The number of carbonyl (C=O) groups excluding carboxylic acids is 1. The van der Waals surface area contributed by atoms with Gasteiger partial charge in [0.05, 0.1) is 18.7 Å². The molecule has 7 heteroatoms. The SMILES string of the molecule is CCOc1ccc(C2C3C(NNC3c3cc(C)ccc3O)C(=O)N2Cc2cccnc2)cc1. The zero-order valence-corrected chi connectivity index (χ0v) is 18.7. The van der Waals surface area contributed by atoms with Crippen molar-refractivity contribution in [3.63, 3.8) is 0 Å². The summed E-state index contributed by atoms with van der Waals surface area (Å²) in [7, 11) is 0. The van der Waals surface area contributed by atoms with E-state index in [-0.39, 0.29) is 29.7 Å². The molecule has 7 nitrogen and oxygen atoms in total. The Balaban J connectivity index is 1.56. The second-order valence-electron chi connectivity index (χ2n) is 8.66. The minimum atomic E-state index is -0.400. The topological polar surface area (TPSA) is 86.7 Å². The summed E-state index contributed by atoms with van der Waals surface area (Å²) < 4.78 is 5.63. The standard InChI is InChI=1S/C26H28N4O3/c1-3-33-19-9-7-18(8-10-19)25-22-23(20-13-16(2)6-11-21(20)31)28-29-24(22)26(32)30(25)15-17-5-4-12-27-14-17/h4-14,22-25,28-29,31H,3,15H2,1-2H3. The van der Waals surface area contributed by atoms with E-state index in [1.54, 1.807) is 18.5 Å². The van der Waals surface area contributed by atoms with E-state index < -0.39 is 6.04 Å². The van der Waals surface area contributed by atoms with Crippen molar-refractivity contribution in [3.8, 4) is 11.5 Å². The van der Waals surface area contributed by atoms with E-state index in [2.05, 4.69) is 15.8 Å². The van der Waals surface area contributed by atoms with Gasteiger partial charge in [0.25, 0.3) is 0 Å². The lowest BCUT2D eigenvalue weighted by atomic mass is 9.82. The smallest absolute Gasteiger partial charge is 0.242 e. The Morgan fingerprint density at radius 3 is 2.61 bits per heavy atom. The number of phenolic OH excluding ortho intramolecular Hbond substituents is 1. The highest BCUT2D eigenvalue weighted by atomic mass is 16.5. The maximum Gasteiger partial charge on any atom is 0.242 e. The summed E-state index contributed by atoms with van der Waals surface area (Å²) in [5, 5.41) is 10.6. The first-order valence-corrected chi connectivity index (χ1v) is 11.3. The van der Waals surface area contributed by atoms with Gasteiger partial charge in [-0.1, -0.05) is 35.9 Å². The van der Waals surface area contributed by atoms with Crippen molar-refractivity contribution in [2.24, 2.45) is 5.92 Å². The van der Waals surface area contributed by atoms with Gasteiger partial charge in [-0.25, -0.2) is 10.9 Å². The monoisotopic (exact) mass is 444 g/mol. The highest BCUT2D eigenvalue weighted by Crippen LogP contribution is 2.49. The number of hydrogen-bond donors (Lipinski definition) is 3. The van der Waals surface area contributed by atoms with E-state index in [9.17, 15) is 9.90 Å². The van der Waals surface area contributed by atoms with E-state index >= 15 is 0 Å². The predicted octanol–water partition coefficient (Wildman–Crippen LogP) is 3.41. The molecule has 33 heavy (non-hydrogen) atoms. The highest BCUT2D eigenvalue weighted by molar-refractivity contribution is 5.86. The first-order valence-electron chi connectivity index (χ1n) is 11.3. The number of phenols is 1. The van der Waals surface area contributed by atoms with Crippen LogP contribution < -0.4 is 15.6 Å². The molecule has 1 amide bonds. The van der Waals surface area contributed by atoms with E-state index in [1.807, 2.05) is 67.3 Å². The average Bonchev–Trinajstić information content (AvgIpc) is 3.36. The highest BCUT2D eigenvalue weighted by Gasteiger charge is 2.55. The van der Waals surface area contributed by atoms with Crippen LogP contribution in [0.15, 0.2) is 67.0 Å². The van der Waals surface area contributed by atoms with Crippen molar-refractivity contribution in [2.45, 2.75) is 38.5 Å². The molecule has 2 aromatic carbocycles. The summed E-state index contributed by atoms with van der Waals surface area (Å²) >= 11 is 0. The molecule has 2 fully saturated rings. The van der Waals surface area contributed by atoms with Gasteiger partial charge in [0.2, 0.25) is 5.91 Å².